The van der Waals surface area contributed by atoms with E-state index in [0.29, 0.717) is 10.7 Å². The number of carbonyl (C=O) groups is 2. The third kappa shape index (κ3) is 3.32. The van der Waals surface area contributed by atoms with Crippen LogP contribution in [0.25, 0.3) is 0 Å². The van der Waals surface area contributed by atoms with Gasteiger partial charge in [0.15, 0.2) is 5.57 Å². The number of anilines is 1. The van der Waals surface area contributed by atoms with E-state index in [1.807, 2.05) is 0 Å². The van der Waals surface area contributed by atoms with E-state index < -0.39 is 17.7 Å². The van der Waals surface area contributed by atoms with Crippen molar-refractivity contribution in [3.05, 3.63) is 39.5 Å². The van der Waals surface area contributed by atoms with Gasteiger partial charge in [0, 0.05) is 24.5 Å². The van der Waals surface area contributed by atoms with Crippen LogP contribution in [-0.2, 0) is 19.1 Å². The molecule has 0 bridgehead atoms. The molecule has 0 amide bonds. The molecule has 1 fully saturated rings. The van der Waals surface area contributed by atoms with Gasteiger partial charge in [0.05, 0.1) is 10.7 Å². The summed E-state index contributed by atoms with van der Waals surface area (Å²) in [6.45, 7) is 2.97. The van der Waals surface area contributed by atoms with E-state index in [0.717, 1.165) is 4.47 Å². The quantitative estimate of drug-likeness (QED) is 0.498. The van der Waals surface area contributed by atoms with E-state index in [9.17, 15) is 9.59 Å². The molecule has 106 valence electrons. The monoisotopic (exact) mass is 359 g/mol. The molecule has 1 N–H and O–H groups in total. The second-order valence-electron chi connectivity index (χ2n) is 4.51. The third-order valence-electron chi connectivity index (χ3n) is 2.42. The Bertz CT molecular complexity index is 590. The maximum Gasteiger partial charge on any atom is 0.350 e. The first-order valence-corrected chi connectivity index (χ1v) is 6.84. The van der Waals surface area contributed by atoms with Gasteiger partial charge in [-0.1, -0.05) is 27.5 Å². The van der Waals surface area contributed by atoms with Crippen molar-refractivity contribution >= 4 is 45.2 Å². The minimum atomic E-state index is -1.25. The van der Waals surface area contributed by atoms with Crippen molar-refractivity contribution in [3.63, 3.8) is 0 Å². The maximum atomic E-state index is 11.7. The number of hydrogen-bond acceptors (Lipinski definition) is 5. The molecule has 1 aliphatic heterocycles. The van der Waals surface area contributed by atoms with E-state index in [2.05, 4.69) is 21.2 Å². The lowest BCUT2D eigenvalue weighted by molar-refractivity contribution is -0.222. The highest BCUT2D eigenvalue weighted by atomic mass is 79.9. The van der Waals surface area contributed by atoms with E-state index in [1.165, 1.54) is 20.0 Å². The fraction of sp³-hybridized carbons (Fsp3) is 0.231. The molecule has 0 unspecified atom stereocenters. The van der Waals surface area contributed by atoms with Crippen LogP contribution in [0, 0.1) is 0 Å². The Kier molecular flexibility index (Phi) is 4.06. The Balaban J connectivity index is 2.21. The van der Waals surface area contributed by atoms with Crippen molar-refractivity contribution in [2.45, 2.75) is 19.6 Å². The summed E-state index contributed by atoms with van der Waals surface area (Å²) < 4.78 is 10.7. The molecule has 2 rings (SSSR count). The predicted molar refractivity (Wildman–Crippen MR) is 77.1 cm³/mol. The third-order valence-corrected chi connectivity index (χ3v) is 3.24. The Morgan fingerprint density at radius 3 is 2.45 bits per heavy atom. The van der Waals surface area contributed by atoms with Crippen molar-refractivity contribution in [3.8, 4) is 0 Å². The number of cyclic esters (lactones) is 2. The first-order valence-electron chi connectivity index (χ1n) is 5.67. The van der Waals surface area contributed by atoms with Gasteiger partial charge < -0.3 is 14.8 Å². The standard InChI is InChI=1S/C13H11BrClNO4/c1-13(2)19-11(17)8(12(18)20-13)6-16-10-5-7(14)3-4-9(10)15/h3-6,16H,1-2H3. The van der Waals surface area contributed by atoms with Crippen LogP contribution in [0.2, 0.25) is 5.02 Å². The van der Waals surface area contributed by atoms with Crippen LogP contribution in [0.4, 0.5) is 5.69 Å². The Morgan fingerprint density at radius 1 is 1.25 bits per heavy atom. The number of rotatable bonds is 2. The molecule has 0 aliphatic carbocycles. The predicted octanol–water partition coefficient (Wildman–Crippen LogP) is 3.23. The van der Waals surface area contributed by atoms with Crippen molar-refractivity contribution in [1.82, 2.24) is 0 Å². The minimum Gasteiger partial charge on any atom is -0.419 e. The zero-order valence-corrected chi connectivity index (χ0v) is 13.0. The average molecular weight is 361 g/mol. The van der Waals surface area contributed by atoms with Crippen molar-refractivity contribution in [2.75, 3.05) is 5.32 Å². The molecule has 7 heteroatoms. The molecule has 0 radical (unpaired) electrons. The lowest BCUT2D eigenvalue weighted by Gasteiger charge is -2.29. The number of ether oxygens (including phenoxy) is 2. The summed E-state index contributed by atoms with van der Waals surface area (Å²) >= 11 is 9.29. The Morgan fingerprint density at radius 2 is 1.85 bits per heavy atom. The average Bonchev–Trinajstić information content (AvgIpc) is 2.30. The Hall–Kier alpha value is -1.53. The fourth-order valence-corrected chi connectivity index (χ4v) is 2.07. The summed E-state index contributed by atoms with van der Waals surface area (Å²) in [4.78, 5) is 23.4. The molecule has 1 aromatic rings. The van der Waals surface area contributed by atoms with Crippen LogP contribution in [0.1, 0.15) is 13.8 Å². The molecular formula is C13H11BrClNO4. The minimum absolute atomic E-state index is 0.222. The largest absolute Gasteiger partial charge is 0.419 e. The number of halogens is 2. The molecule has 1 saturated heterocycles. The van der Waals surface area contributed by atoms with E-state index >= 15 is 0 Å². The van der Waals surface area contributed by atoms with Gasteiger partial charge in [0.2, 0.25) is 0 Å². The van der Waals surface area contributed by atoms with Crippen LogP contribution in [-0.4, -0.2) is 17.7 Å². The Labute approximate surface area is 129 Å². The second-order valence-corrected chi connectivity index (χ2v) is 5.83. The van der Waals surface area contributed by atoms with E-state index in [-0.39, 0.29) is 5.57 Å². The van der Waals surface area contributed by atoms with Gasteiger partial charge in [-0.25, -0.2) is 9.59 Å². The number of hydrogen-bond donors (Lipinski definition) is 1. The highest BCUT2D eigenvalue weighted by molar-refractivity contribution is 9.10. The maximum absolute atomic E-state index is 11.7. The highest BCUT2D eigenvalue weighted by Crippen LogP contribution is 2.27. The van der Waals surface area contributed by atoms with Gasteiger partial charge in [-0.05, 0) is 18.2 Å². The van der Waals surface area contributed by atoms with Crippen LogP contribution < -0.4 is 5.32 Å². The smallest absolute Gasteiger partial charge is 0.350 e. The SMILES string of the molecule is CC1(C)OC(=O)C(=CNc2cc(Br)ccc2Cl)C(=O)O1. The summed E-state index contributed by atoms with van der Waals surface area (Å²) in [5.41, 5.74) is 0.319. The fourth-order valence-electron chi connectivity index (χ4n) is 1.54. The molecule has 5 nitrogen and oxygen atoms in total. The molecule has 1 aliphatic rings. The van der Waals surface area contributed by atoms with Crippen molar-refractivity contribution in [2.24, 2.45) is 0 Å². The molecule has 0 atom stereocenters. The first kappa shape index (κ1) is 14.9. The van der Waals surface area contributed by atoms with Gasteiger partial charge in [0.1, 0.15) is 0 Å². The second kappa shape index (κ2) is 5.46. The topological polar surface area (TPSA) is 64.6 Å². The van der Waals surface area contributed by atoms with Gasteiger partial charge in [-0.15, -0.1) is 0 Å². The van der Waals surface area contributed by atoms with Gasteiger partial charge in [-0.3, -0.25) is 0 Å². The van der Waals surface area contributed by atoms with Crippen LogP contribution in [0.15, 0.2) is 34.4 Å². The van der Waals surface area contributed by atoms with Gasteiger partial charge >= 0.3 is 11.9 Å². The van der Waals surface area contributed by atoms with Crippen molar-refractivity contribution in [1.29, 1.82) is 0 Å². The highest BCUT2D eigenvalue weighted by Gasteiger charge is 2.38. The van der Waals surface area contributed by atoms with Crippen LogP contribution in [0.5, 0.6) is 0 Å². The summed E-state index contributed by atoms with van der Waals surface area (Å²) in [5, 5.41) is 3.23. The molecule has 0 aromatic heterocycles. The lowest BCUT2D eigenvalue weighted by atomic mass is 10.2. The molecular weight excluding hydrogens is 350 g/mol. The first-order chi connectivity index (χ1) is 9.28. The molecule has 1 aromatic carbocycles. The van der Waals surface area contributed by atoms with Gasteiger partial charge in [0.25, 0.3) is 5.79 Å². The number of carbonyl (C=O) groups excluding carboxylic acids is 2. The van der Waals surface area contributed by atoms with Gasteiger partial charge in [-0.2, -0.15) is 0 Å². The lowest BCUT2D eigenvalue weighted by Crippen LogP contribution is -2.42. The molecule has 1 heterocycles. The summed E-state index contributed by atoms with van der Waals surface area (Å²) in [7, 11) is 0. The molecule has 0 saturated carbocycles. The van der Waals surface area contributed by atoms with Crippen molar-refractivity contribution < 1.29 is 19.1 Å². The zero-order chi connectivity index (χ0) is 14.9. The van der Waals surface area contributed by atoms with Crippen LogP contribution in [0.3, 0.4) is 0 Å². The van der Waals surface area contributed by atoms with E-state index in [1.54, 1.807) is 18.2 Å². The summed E-state index contributed by atoms with van der Waals surface area (Å²) in [6.07, 6.45) is 1.22. The number of benzene rings is 1. The summed E-state index contributed by atoms with van der Waals surface area (Å²) in [6, 6.07) is 5.15. The normalized spacial score (nSPS) is 17.3. The molecule has 0 spiro atoms. The zero-order valence-electron chi connectivity index (χ0n) is 10.7. The number of nitrogens with one attached hydrogen (secondary N) is 1. The van der Waals surface area contributed by atoms with E-state index in [4.69, 9.17) is 21.1 Å². The number of esters is 2. The summed E-state index contributed by atoms with van der Waals surface area (Å²) in [5.74, 6) is -2.74. The molecule has 20 heavy (non-hydrogen) atoms. The van der Waals surface area contributed by atoms with Crippen LogP contribution >= 0.6 is 27.5 Å².